The van der Waals surface area contributed by atoms with Gasteiger partial charge in [0.05, 0.1) is 17.4 Å². The lowest BCUT2D eigenvalue weighted by Crippen LogP contribution is -2.45. The summed E-state index contributed by atoms with van der Waals surface area (Å²) in [4.78, 5) is 70.7. The maximum Gasteiger partial charge on any atom is 0.408 e. The van der Waals surface area contributed by atoms with E-state index in [-0.39, 0.29) is 47.0 Å². The Bertz CT molecular complexity index is 2150. The Morgan fingerprint density at radius 1 is 0.684 bits per heavy atom. The van der Waals surface area contributed by atoms with Gasteiger partial charge in [0.1, 0.15) is 17.7 Å². The lowest BCUT2D eigenvalue weighted by molar-refractivity contribution is -0.156. The summed E-state index contributed by atoms with van der Waals surface area (Å²) in [5.74, 6) is -6.64. The van der Waals surface area contributed by atoms with Crippen molar-refractivity contribution in [2.75, 3.05) is 0 Å². The fraction of sp³-hybridized carbons (Fsp3) is 0.316. The van der Waals surface area contributed by atoms with E-state index < -0.39 is 59.5 Å². The molecule has 0 aliphatic rings. The lowest BCUT2D eigenvalue weighted by atomic mass is 10.0. The summed E-state index contributed by atoms with van der Waals surface area (Å²) in [7, 11) is 3.03. The number of carbonyl (C=O) groups excluding carboxylic acids is 5. The summed E-state index contributed by atoms with van der Waals surface area (Å²) < 4.78 is 99.9. The maximum absolute atomic E-state index is 13.3. The molecule has 4 rings (SSSR count). The fourth-order valence-corrected chi connectivity index (χ4v) is 4.72. The number of benzene rings is 2. The van der Waals surface area contributed by atoms with Crippen LogP contribution in [0.3, 0.4) is 0 Å². The summed E-state index contributed by atoms with van der Waals surface area (Å²) in [6, 6.07) is 7.14. The van der Waals surface area contributed by atoms with Crippen LogP contribution in [0.4, 0.5) is 35.1 Å². The van der Waals surface area contributed by atoms with E-state index in [0.29, 0.717) is 22.3 Å². The lowest BCUT2D eigenvalue weighted by Gasteiger charge is -2.16. The molecule has 0 radical (unpaired) electrons. The second-order valence-corrected chi connectivity index (χ2v) is 12.8. The first kappa shape index (κ1) is 47.2. The van der Waals surface area contributed by atoms with Gasteiger partial charge >= 0.3 is 18.3 Å². The molecule has 0 bridgehead atoms. The van der Waals surface area contributed by atoms with E-state index >= 15 is 0 Å². The van der Waals surface area contributed by atoms with Crippen LogP contribution in [-0.4, -0.2) is 73.7 Å². The number of Topliss-reactive ketones (excluding diaryl/α,β-unsaturated/α-hetero) is 4. The number of rotatable bonds is 11. The Morgan fingerprint density at radius 2 is 1.05 bits per heavy atom. The fourth-order valence-electron chi connectivity index (χ4n) is 4.72. The monoisotopic (exact) mass is 814 g/mol. The van der Waals surface area contributed by atoms with Crippen LogP contribution in [0.2, 0.25) is 0 Å². The van der Waals surface area contributed by atoms with Crippen LogP contribution >= 0.6 is 0 Å². The number of ketones is 4. The van der Waals surface area contributed by atoms with Crippen molar-refractivity contribution in [3.63, 3.8) is 0 Å². The van der Waals surface area contributed by atoms with Crippen molar-refractivity contribution in [3.8, 4) is 0 Å². The topological polar surface area (TPSA) is 171 Å². The average Bonchev–Trinajstić information content (AvgIpc) is 3.69. The number of carboxylic acids is 1. The van der Waals surface area contributed by atoms with Crippen molar-refractivity contribution < 1.29 is 69.0 Å². The second kappa shape index (κ2) is 19.2. The van der Waals surface area contributed by atoms with E-state index in [1.165, 1.54) is 65.0 Å². The summed E-state index contributed by atoms with van der Waals surface area (Å²) in [5, 5.41) is 10.3. The van der Waals surface area contributed by atoms with Crippen molar-refractivity contribution in [2.24, 2.45) is 19.8 Å². The van der Waals surface area contributed by atoms with Crippen LogP contribution in [0.15, 0.2) is 60.9 Å². The number of hydrogen-bond acceptors (Lipinski definition) is 7. The summed E-state index contributed by atoms with van der Waals surface area (Å²) in [5.41, 5.74) is 6.56. The van der Waals surface area contributed by atoms with Crippen LogP contribution in [-0.2, 0) is 36.5 Å². The molecule has 0 saturated heterocycles. The minimum absolute atomic E-state index is 0.0413. The van der Waals surface area contributed by atoms with Gasteiger partial charge < -0.3 is 25.3 Å². The van der Waals surface area contributed by atoms with Gasteiger partial charge in [0.2, 0.25) is 0 Å². The molecule has 2 aromatic heterocycles. The van der Waals surface area contributed by atoms with Crippen LogP contribution in [0.5, 0.6) is 0 Å². The number of amides is 1. The van der Waals surface area contributed by atoms with E-state index in [1.807, 2.05) is 0 Å². The molecule has 308 valence electrons. The molecule has 0 fully saturated rings. The van der Waals surface area contributed by atoms with Gasteiger partial charge in [-0.05, 0) is 74.2 Å². The molecule has 0 aliphatic carbocycles. The Balaban J connectivity index is 0.000000344. The highest BCUT2D eigenvalue weighted by atomic mass is 19.4. The van der Waals surface area contributed by atoms with Gasteiger partial charge in [-0.2, -0.15) is 26.3 Å². The van der Waals surface area contributed by atoms with Crippen molar-refractivity contribution in [1.29, 1.82) is 0 Å². The molecule has 11 nitrogen and oxygen atoms in total. The van der Waals surface area contributed by atoms with Gasteiger partial charge in [0.15, 0.2) is 11.6 Å². The Hall–Kier alpha value is -5.98. The maximum atomic E-state index is 13.3. The van der Waals surface area contributed by atoms with Crippen molar-refractivity contribution in [1.82, 2.24) is 14.5 Å². The molecule has 2 aromatic carbocycles. The number of aryl methyl sites for hydroxylation is 4. The van der Waals surface area contributed by atoms with E-state index in [2.05, 4.69) is 5.73 Å². The molecule has 0 unspecified atom stereocenters. The molecular formula is C38H38F8N4O7. The number of nitrogens with one attached hydrogen (secondary N) is 1. The number of hydrogen-bond donors (Lipinski definition) is 3. The third kappa shape index (κ3) is 13.6. The smallest absolute Gasteiger partial charge is 0.408 e. The first-order chi connectivity index (χ1) is 26.1. The van der Waals surface area contributed by atoms with Crippen LogP contribution in [0, 0.1) is 25.5 Å². The molecular weight excluding hydrogens is 776 g/mol. The molecule has 4 aromatic rings. The number of nitrogens with zero attached hydrogens (tertiary/aromatic N) is 2. The third-order valence-corrected chi connectivity index (χ3v) is 8.04. The van der Waals surface area contributed by atoms with E-state index in [1.54, 1.807) is 32.3 Å². The third-order valence-electron chi connectivity index (χ3n) is 8.04. The zero-order chi connectivity index (χ0) is 43.7. The number of halogens is 8. The number of aromatic nitrogens is 2. The first-order valence-electron chi connectivity index (χ1n) is 16.5. The summed E-state index contributed by atoms with van der Waals surface area (Å²) in [6.07, 6.45) is -6.42. The molecule has 19 heteroatoms. The van der Waals surface area contributed by atoms with E-state index in [4.69, 9.17) is 5.11 Å². The largest absolute Gasteiger partial charge is 0.475 e. The molecule has 2 heterocycles. The Kier molecular flexibility index (Phi) is 15.9. The molecule has 0 aliphatic heterocycles. The van der Waals surface area contributed by atoms with Gasteiger partial charge in [0.25, 0.3) is 17.5 Å². The average molecular weight is 815 g/mol. The number of alkyl halides is 6. The predicted octanol–water partition coefficient (Wildman–Crippen LogP) is 6.21. The van der Waals surface area contributed by atoms with Gasteiger partial charge in [-0.3, -0.25) is 24.0 Å². The molecule has 0 saturated carbocycles. The molecule has 2 atom stereocenters. The van der Waals surface area contributed by atoms with Crippen molar-refractivity contribution >= 4 is 35.0 Å². The first-order valence-corrected chi connectivity index (χ1v) is 16.5. The Labute approximate surface area is 320 Å². The van der Waals surface area contributed by atoms with Crippen molar-refractivity contribution in [2.45, 2.75) is 65.0 Å². The van der Waals surface area contributed by atoms with Gasteiger partial charge in [-0.15, -0.1) is 0 Å². The number of nitrogens with two attached hydrogens (primary N) is 1. The van der Waals surface area contributed by atoms with Crippen LogP contribution in [0.1, 0.15) is 77.8 Å². The molecule has 1 amide bonds. The zero-order valence-electron chi connectivity index (χ0n) is 31.2. The predicted molar refractivity (Wildman–Crippen MR) is 189 cm³/mol. The highest BCUT2D eigenvalue weighted by molar-refractivity contribution is 6.43. The zero-order valence-corrected chi connectivity index (χ0v) is 31.2. The van der Waals surface area contributed by atoms with E-state index in [9.17, 15) is 63.9 Å². The SMILES string of the molecule is C[C@@H](N)C(F)(F)F.Cc1cc(CC(=O)c2cc(C(=O)C(=O)N[C@H](C)C(F)(F)F)cn2C)ccc1F.Cc1cc(CC(=O)c2cc(C(=O)C(=O)O)cn2C)ccc1F. The highest BCUT2D eigenvalue weighted by Gasteiger charge is 2.38. The molecule has 0 spiro atoms. The molecule has 57 heavy (non-hydrogen) atoms. The van der Waals surface area contributed by atoms with Crippen LogP contribution in [0.25, 0.3) is 0 Å². The number of carboxylic acid groups (broad SMARTS) is 1. The van der Waals surface area contributed by atoms with Crippen LogP contribution < -0.4 is 11.1 Å². The summed E-state index contributed by atoms with van der Waals surface area (Å²) in [6.45, 7) is 4.79. The van der Waals surface area contributed by atoms with Crippen molar-refractivity contribution in [3.05, 3.63) is 117 Å². The Morgan fingerprint density at radius 3 is 1.37 bits per heavy atom. The van der Waals surface area contributed by atoms with E-state index in [0.717, 1.165) is 19.9 Å². The van der Waals surface area contributed by atoms with Gasteiger partial charge in [-0.1, -0.05) is 24.3 Å². The minimum Gasteiger partial charge on any atom is -0.475 e. The number of carbonyl (C=O) groups is 6. The van der Waals surface area contributed by atoms with Gasteiger partial charge in [0, 0.05) is 50.5 Å². The number of aliphatic carboxylic acids is 1. The normalized spacial score (nSPS) is 12.3. The second-order valence-electron chi connectivity index (χ2n) is 12.8. The minimum atomic E-state index is -4.68. The van der Waals surface area contributed by atoms with Gasteiger partial charge in [-0.25, -0.2) is 13.6 Å². The summed E-state index contributed by atoms with van der Waals surface area (Å²) >= 11 is 0. The highest BCUT2D eigenvalue weighted by Crippen LogP contribution is 2.21. The molecule has 4 N–H and O–H groups in total. The quantitative estimate of drug-likeness (QED) is 0.0912. The standard InChI is InChI=1S/C19H18F4N2O3.C16H14FNO4.C3H6F3N/c1-10-6-12(4-5-14(10)20)7-16(26)15-8-13(9-25(15)3)17(27)18(28)24-11(2)19(21,22)23;1-9-5-10(3-4-12(9)17)6-14(19)13-7-11(8-18(13)2)15(20)16(21)22;1-2(7)3(4,5)6/h4-6,8-9,11H,7H2,1-3H3,(H,24,28);3-5,7-8H,6H2,1-2H3,(H,21,22);2H,7H2,1H3/t11-;;2-/m1.1/s1.